The van der Waals surface area contributed by atoms with Gasteiger partial charge in [0.25, 0.3) is 5.91 Å². The molecule has 0 radical (unpaired) electrons. The van der Waals surface area contributed by atoms with Crippen LogP contribution in [0.1, 0.15) is 34.4 Å². The maximum absolute atomic E-state index is 13.4. The van der Waals surface area contributed by atoms with Gasteiger partial charge in [0.1, 0.15) is 11.5 Å². The van der Waals surface area contributed by atoms with E-state index in [1.807, 2.05) is 26.8 Å². The van der Waals surface area contributed by atoms with E-state index in [1.54, 1.807) is 15.4 Å². The fourth-order valence-electron chi connectivity index (χ4n) is 2.84. The molecule has 1 aromatic carbocycles. The van der Waals surface area contributed by atoms with E-state index in [2.05, 4.69) is 15.5 Å². The fourth-order valence-corrected chi connectivity index (χ4v) is 3.07. The van der Waals surface area contributed by atoms with Crippen molar-refractivity contribution in [2.45, 2.75) is 33.9 Å². The predicted octanol–water partition coefficient (Wildman–Crippen LogP) is 3.81. The monoisotopic (exact) mass is 375 g/mol. The highest BCUT2D eigenvalue weighted by atomic mass is 35.5. The molecule has 0 fully saturated rings. The molecule has 0 spiro atoms. The zero-order chi connectivity index (χ0) is 18.8. The summed E-state index contributed by atoms with van der Waals surface area (Å²) in [7, 11) is 0. The van der Waals surface area contributed by atoms with E-state index in [1.165, 1.54) is 18.3 Å². The summed E-state index contributed by atoms with van der Waals surface area (Å²) in [6, 6.07) is 6.36. The Kier molecular flexibility index (Phi) is 5.08. The average Bonchev–Trinajstić information content (AvgIpc) is 3.09. The Morgan fingerprint density at radius 2 is 2.08 bits per heavy atom. The minimum Gasteiger partial charge on any atom is -0.317 e. The Morgan fingerprint density at radius 3 is 2.77 bits per heavy atom. The lowest BCUT2D eigenvalue weighted by Crippen LogP contribution is -2.18. The van der Waals surface area contributed by atoms with Crippen LogP contribution in [-0.4, -0.2) is 25.5 Å². The molecule has 0 atom stereocenters. The molecule has 0 bridgehead atoms. The first-order valence-electron chi connectivity index (χ1n) is 8.21. The van der Waals surface area contributed by atoms with Crippen LogP contribution in [0.2, 0.25) is 5.02 Å². The molecule has 6 nitrogen and oxygen atoms in total. The third kappa shape index (κ3) is 3.48. The third-order valence-electron chi connectivity index (χ3n) is 4.15. The number of benzene rings is 1. The highest BCUT2D eigenvalue weighted by Crippen LogP contribution is 2.23. The van der Waals surface area contributed by atoms with Crippen molar-refractivity contribution in [3.63, 3.8) is 0 Å². The van der Waals surface area contributed by atoms with Crippen LogP contribution in [0.15, 0.2) is 30.5 Å². The highest BCUT2D eigenvalue weighted by Gasteiger charge is 2.20. The van der Waals surface area contributed by atoms with Crippen LogP contribution in [0, 0.1) is 19.7 Å². The van der Waals surface area contributed by atoms with E-state index in [-0.39, 0.29) is 11.7 Å². The number of hydrogen-bond acceptors (Lipinski definition) is 3. The molecule has 8 heteroatoms. The van der Waals surface area contributed by atoms with Crippen molar-refractivity contribution >= 4 is 23.2 Å². The normalized spacial score (nSPS) is 11.0. The molecule has 3 rings (SSSR count). The van der Waals surface area contributed by atoms with Gasteiger partial charge in [-0.15, -0.1) is 0 Å². The summed E-state index contributed by atoms with van der Waals surface area (Å²) >= 11 is 6.09. The topological polar surface area (TPSA) is 64.7 Å². The van der Waals surface area contributed by atoms with Crippen LogP contribution < -0.4 is 5.32 Å². The van der Waals surface area contributed by atoms with Gasteiger partial charge in [-0.1, -0.05) is 23.7 Å². The Morgan fingerprint density at radius 1 is 1.31 bits per heavy atom. The van der Waals surface area contributed by atoms with Gasteiger partial charge >= 0.3 is 0 Å². The Labute approximate surface area is 155 Å². The summed E-state index contributed by atoms with van der Waals surface area (Å²) in [5.41, 5.74) is 3.17. The van der Waals surface area contributed by atoms with E-state index in [0.29, 0.717) is 35.2 Å². The van der Waals surface area contributed by atoms with Gasteiger partial charge in [-0.25, -0.2) is 4.39 Å². The number of anilines is 1. The number of halogens is 2. The van der Waals surface area contributed by atoms with Crippen molar-refractivity contribution < 1.29 is 9.18 Å². The number of rotatable bonds is 5. The average molecular weight is 376 g/mol. The molecule has 2 heterocycles. The SMILES string of the molecule is CCn1ncc(Cl)c1C(=O)Nc1c(C)nn(Cc2cccc(F)c2)c1C. The van der Waals surface area contributed by atoms with Gasteiger partial charge in [0.15, 0.2) is 0 Å². The quantitative estimate of drug-likeness (QED) is 0.737. The summed E-state index contributed by atoms with van der Waals surface area (Å²) in [5, 5.41) is 11.7. The lowest BCUT2D eigenvalue weighted by molar-refractivity contribution is 0.101. The first-order valence-corrected chi connectivity index (χ1v) is 8.59. The number of hydrogen-bond donors (Lipinski definition) is 1. The standard InChI is InChI=1S/C18H19ClFN5O/c1-4-24-17(15(19)9-21-24)18(26)22-16-11(2)23-25(12(16)3)10-13-6-5-7-14(20)8-13/h5-9H,4,10H2,1-3H3,(H,22,26). The van der Waals surface area contributed by atoms with Gasteiger partial charge in [-0.05, 0) is 38.5 Å². The number of nitrogens with one attached hydrogen (secondary N) is 1. The van der Waals surface area contributed by atoms with E-state index in [9.17, 15) is 9.18 Å². The van der Waals surface area contributed by atoms with Crippen molar-refractivity contribution in [3.05, 3.63) is 63.9 Å². The Hall–Kier alpha value is -2.67. The molecule has 0 saturated carbocycles. The zero-order valence-corrected chi connectivity index (χ0v) is 15.5. The van der Waals surface area contributed by atoms with Crippen molar-refractivity contribution in [2.24, 2.45) is 0 Å². The molecule has 1 N–H and O–H groups in total. The van der Waals surface area contributed by atoms with Crippen LogP contribution in [-0.2, 0) is 13.1 Å². The molecule has 26 heavy (non-hydrogen) atoms. The summed E-state index contributed by atoms with van der Waals surface area (Å²) < 4.78 is 16.7. The van der Waals surface area contributed by atoms with Crippen molar-refractivity contribution in [1.82, 2.24) is 19.6 Å². The van der Waals surface area contributed by atoms with Gasteiger partial charge in [-0.2, -0.15) is 10.2 Å². The number of carbonyl (C=O) groups is 1. The summed E-state index contributed by atoms with van der Waals surface area (Å²) in [6.45, 7) is 6.49. The van der Waals surface area contributed by atoms with Crippen molar-refractivity contribution in [2.75, 3.05) is 5.32 Å². The number of nitrogens with zero attached hydrogens (tertiary/aromatic N) is 4. The van der Waals surface area contributed by atoms with Crippen LogP contribution in [0.25, 0.3) is 0 Å². The van der Waals surface area contributed by atoms with Crippen LogP contribution in [0.3, 0.4) is 0 Å². The molecule has 0 aliphatic carbocycles. The number of aryl methyl sites for hydroxylation is 2. The molecule has 0 unspecified atom stereocenters. The second kappa shape index (κ2) is 7.29. The lowest BCUT2D eigenvalue weighted by atomic mass is 10.2. The fraction of sp³-hybridized carbons (Fsp3) is 0.278. The van der Waals surface area contributed by atoms with E-state index in [0.717, 1.165) is 11.3 Å². The molecule has 1 amide bonds. The Balaban J connectivity index is 1.86. The smallest absolute Gasteiger partial charge is 0.275 e. The first-order chi connectivity index (χ1) is 12.4. The zero-order valence-electron chi connectivity index (χ0n) is 14.8. The van der Waals surface area contributed by atoms with Crippen molar-refractivity contribution in [3.8, 4) is 0 Å². The van der Waals surface area contributed by atoms with Crippen LogP contribution in [0.5, 0.6) is 0 Å². The molecule has 3 aromatic rings. The minimum absolute atomic E-state index is 0.292. The third-order valence-corrected chi connectivity index (χ3v) is 4.43. The summed E-state index contributed by atoms with van der Waals surface area (Å²) in [4.78, 5) is 12.6. The predicted molar refractivity (Wildman–Crippen MR) is 98.1 cm³/mol. The maximum Gasteiger partial charge on any atom is 0.275 e. The Bertz CT molecular complexity index is 963. The number of carbonyl (C=O) groups excluding carboxylic acids is 1. The molecule has 136 valence electrons. The highest BCUT2D eigenvalue weighted by molar-refractivity contribution is 6.34. The summed E-state index contributed by atoms with van der Waals surface area (Å²) in [6.07, 6.45) is 1.45. The molecule has 0 aliphatic rings. The van der Waals surface area contributed by atoms with Gasteiger partial charge in [-0.3, -0.25) is 14.2 Å². The van der Waals surface area contributed by atoms with Gasteiger partial charge in [0, 0.05) is 6.54 Å². The molecule has 2 aromatic heterocycles. The van der Waals surface area contributed by atoms with Crippen LogP contribution >= 0.6 is 11.6 Å². The number of amides is 1. The first kappa shape index (κ1) is 18.1. The minimum atomic E-state index is -0.342. The molecular formula is C18H19ClFN5O. The number of aromatic nitrogens is 4. The largest absolute Gasteiger partial charge is 0.317 e. The molecule has 0 aliphatic heterocycles. The van der Waals surface area contributed by atoms with E-state index >= 15 is 0 Å². The molecule has 0 saturated heterocycles. The summed E-state index contributed by atoms with van der Waals surface area (Å²) in [5.74, 6) is -0.633. The van der Waals surface area contributed by atoms with E-state index < -0.39 is 0 Å². The lowest BCUT2D eigenvalue weighted by Gasteiger charge is -2.09. The van der Waals surface area contributed by atoms with Crippen molar-refractivity contribution in [1.29, 1.82) is 0 Å². The second-order valence-electron chi connectivity index (χ2n) is 5.94. The maximum atomic E-state index is 13.4. The van der Waals surface area contributed by atoms with Gasteiger partial charge in [0.05, 0.1) is 34.8 Å². The van der Waals surface area contributed by atoms with Crippen LogP contribution in [0.4, 0.5) is 10.1 Å². The van der Waals surface area contributed by atoms with E-state index in [4.69, 9.17) is 11.6 Å². The van der Waals surface area contributed by atoms with Gasteiger partial charge < -0.3 is 5.32 Å². The second-order valence-corrected chi connectivity index (χ2v) is 6.35. The molecular weight excluding hydrogens is 357 g/mol. The van der Waals surface area contributed by atoms with Gasteiger partial charge in [0.2, 0.25) is 0 Å².